The molecule has 0 radical (unpaired) electrons. The van der Waals surface area contributed by atoms with Gasteiger partial charge in [-0.25, -0.2) is 0 Å². The molecule has 0 saturated carbocycles. The van der Waals surface area contributed by atoms with Crippen molar-refractivity contribution in [2.45, 2.75) is 44.7 Å². The van der Waals surface area contributed by atoms with E-state index in [4.69, 9.17) is 0 Å². The van der Waals surface area contributed by atoms with Crippen LogP contribution in [0.4, 0.5) is 5.69 Å². The van der Waals surface area contributed by atoms with E-state index >= 15 is 0 Å². The monoisotopic (exact) mass is 230 g/mol. The van der Waals surface area contributed by atoms with E-state index in [1.54, 1.807) is 0 Å². The maximum absolute atomic E-state index is 3.74. The van der Waals surface area contributed by atoms with Crippen LogP contribution in [0.25, 0.3) is 0 Å². The summed E-state index contributed by atoms with van der Waals surface area (Å²) in [5.41, 5.74) is 2.69. The third kappa shape index (κ3) is 2.32. The summed E-state index contributed by atoms with van der Waals surface area (Å²) in [5, 5.41) is 3.74. The van der Waals surface area contributed by atoms with Crippen LogP contribution in [0, 0.1) is 6.92 Å². The summed E-state index contributed by atoms with van der Waals surface area (Å²) in [6.07, 6.45) is 5.44. The summed E-state index contributed by atoms with van der Waals surface area (Å²) in [4.78, 5) is 2.68. The molecule has 3 rings (SSSR count). The van der Waals surface area contributed by atoms with Crippen molar-refractivity contribution >= 4 is 5.69 Å². The zero-order valence-corrected chi connectivity index (χ0v) is 10.7. The van der Waals surface area contributed by atoms with Gasteiger partial charge in [-0.3, -0.25) is 0 Å². The fraction of sp³-hybridized carbons (Fsp3) is 0.600. The number of nitrogens with zero attached hydrogens (tertiary/aromatic N) is 1. The molecule has 1 aromatic carbocycles. The lowest BCUT2D eigenvalue weighted by atomic mass is 9.97. The zero-order valence-electron chi connectivity index (χ0n) is 10.7. The van der Waals surface area contributed by atoms with Gasteiger partial charge in [0.1, 0.15) is 0 Å². The first-order chi connectivity index (χ1) is 8.33. The van der Waals surface area contributed by atoms with Crippen molar-refractivity contribution in [2.75, 3.05) is 18.4 Å². The van der Waals surface area contributed by atoms with Crippen LogP contribution in [0.15, 0.2) is 24.3 Å². The largest absolute Gasteiger partial charge is 0.382 e. The molecule has 0 aliphatic carbocycles. The van der Waals surface area contributed by atoms with Crippen LogP contribution in [-0.4, -0.2) is 30.1 Å². The molecule has 2 heterocycles. The van der Waals surface area contributed by atoms with Crippen molar-refractivity contribution in [2.24, 2.45) is 0 Å². The zero-order chi connectivity index (χ0) is 11.7. The average Bonchev–Trinajstić information content (AvgIpc) is 2.79. The number of aryl methyl sites for hydroxylation is 1. The van der Waals surface area contributed by atoms with Crippen LogP contribution in [0.1, 0.15) is 31.2 Å². The normalized spacial score (nSPS) is 29.0. The minimum atomic E-state index is 0.676. The van der Waals surface area contributed by atoms with Gasteiger partial charge in [-0.15, -0.1) is 0 Å². The van der Waals surface area contributed by atoms with Gasteiger partial charge in [0.05, 0.1) is 0 Å². The summed E-state index contributed by atoms with van der Waals surface area (Å²) >= 11 is 0. The number of fused-ring (bicyclic) bond motifs is 1. The van der Waals surface area contributed by atoms with E-state index in [1.807, 2.05) is 0 Å². The van der Waals surface area contributed by atoms with Crippen LogP contribution in [0.5, 0.6) is 0 Å². The lowest BCUT2D eigenvalue weighted by Crippen LogP contribution is -2.42. The van der Waals surface area contributed by atoms with Gasteiger partial charge in [-0.1, -0.05) is 18.2 Å². The van der Waals surface area contributed by atoms with Crippen LogP contribution in [-0.2, 0) is 0 Å². The summed E-state index contributed by atoms with van der Waals surface area (Å²) in [7, 11) is 0. The Hall–Kier alpha value is -1.02. The highest BCUT2D eigenvalue weighted by molar-refractivity contribution is 5.51. The number of anilines is 1. The fourth-order valence-corrected chi connectivity index (χ4v) is 3.31. The summed E-state index contributed by atoms with van der Waals surface area (Å²) in [6.45, 7) is 4.81. The Labute approximate surface area is 104 Å². The molecule has 2 unspecified atom stereocenters. The smallest absolute Gasteiger partial charge is 0.0372 e. The second-order valence-electron chi connectivity index (χ2n) is 5.51. The van der Waals surface area contributed by atoms with Gasteiger partial charge < -0.3 is 10.2 Å². The Morgan fingerprint density at radius 2 is 2.06 bits per heavy atom. The van der Waals surface area contributed by atoms with Gasteiger partial charge in [0.25, 0.3) is 0 Å². The molecule has 2 aliphatic heterocycles. The molecule has 2 nitrogen and oxygen atoms in total. The van der Waals surface area contributed by atoms with Crippen LogP contribution in [0.3, 0.4) is 0 Å². The molecule has 1 aromatic rings. The maximum Gasteiger partial charge on any atom is 0.0372 e. The maximum atomic E-state index is 3.74. The predicted octanol–water partition coefficient (Wildman–Crippen LogP) is 3.03. The number of hydrogen-bond donors (Lipinski definition) is 1. The molecule has 2 atom stereocenters. The average molecular weight is 230 g/mol. The highest BCUT2D eigenvalue weighted by Crippen LogP contribution is 2.29. The molecular formula is C15H22N2. The molecule has 2 saturated heterocycles. The van der Waals surface area contributed by atoms with Gasteiger partial charge in [-0.05, 0) is 50.8 Å². The van der Waals surface area contributed by atoms with E-state index in [2.05, 4.69) is 41.4 Å². The summed E-state index contributed by atoms with van der Waals surface area (Å²) in [6, 6.07) is 10.2. The second-order valence-corrected chi connectivity index (χ2v) is 5.51. The van der Waals surface area contributed by atoms with E-state index in [9.17, 15) is 0 Å². The first kappa shape index (κ1) is 11.1. The molecular weight excluding hydrogens is 208 g/mol. The van der Waals surface area contributed by atoms with Crippen molar-refractivity contribution in [3.63, 3.8) is 0 Å². The quantitative estimate of drug-likeness (QED) is 0.840. The molecule has 1 N–H and O–H groups in total. The van der Waals surface area contributed by atoms with Gasteiger partial charge in [-0.2, -0.15) is 0 Å². The first-order valence-corrected chi connectivity index (χ1v) is 6.89. The molecule has 0 amide bonds. The molecule has 0 aromatic heterocycles. The molecule has 92 valence electrons. The molecule has 2 aliphatic rings. The minimum Gasteiger partial charge on any atom is -0.382 e. The number of piperidine rings is 1. The number of hydrogen-bond acceptors (Lipinski definition) is 2. The van der Waals surface area contributed by atoms with E-state index < -0.39 is 0 Å². The van der Waals surface area contributed by atoms with Gasteiger partial charge in [0, 0.05) is 24.3 Å². The molecule has 0 bridgehead atoms. The van der Waals surface area contributed by atoms with Crippen LogP contribution < -0.4 is 5.32 Å². The minimum absolute atomic E-state index is 0.676. The van der Waals surface area contributed by atoms with Gasteiger partial charge in [0.2, 0.25) is 0 Å². The molecule has 2 heteroatoms. The van der Waals surface area contributed by atoms with Gasteiger partial charge in [0.15, 0.2) is 0 Å². The summed E-state index contributed by atoms with van der Waals surface area (Å²) in [5.74, 6) is 0. The Morgan fingerprint density at radius 1 is 1.18 bits per heavy atom. The number of benzene rings is 1. The number of rotatable bonds is 2. The van der Waals surface area contributed by atoms with Crippen molar-refractivity contribution in [3.05, 3.63) is 29.8 Å². The third-order valence-electron chi connectivity index (χ3n) is 4.33. The van der Waals surface area contributed by atoms with Crippen molar-refractivity contribution < 1.29 is 0 Å². The molecule has 2 fully saturated rings. The fourth-order valence-electron chi connectivity index (χ4n) is 3.31. The highest BCUT2D eigenvalue weighted by atomic mass is 15.2. The predicted molar refractivity (Wildman–Crippen MR) is 72.4 cm³/mol. The molecule has 0 spiro atoms. The first-order valence-electron chi connectivity index (χ1n) is 6.89. The van der Waals surface area contributed by atoms with E-state index in [-0.39, 0.29) is 0 Å². The second kappa shape index (κ2) is 4.69. The standard InChI is InChI=1S/C15H22N2/c1-12-5-2-3-7-15(12)16-13-8-10-17-9-4-6-14(17)11-13/h2-3,5,7,13-14,16H,4,6,8-11H2,1H3. The highest BCUT2D eigenvalue weighted by Gasteiger charge is 2.31. The number of nitrogens with one attached hydrogen (secondary N) is 1. The molecule has 17 heavy (non-hydrogen) atoms. The Bertz CT molecular complexity index is 388. The lowest BCUT2D eigenvalue weighted by Gasteiger charge is -2.35. The third-order valence-corrected chi connectivity index (χ3v) is 4.33. The van der Waals surface area contributed by atoms with Gasteiger partial charge >= 0.3 is 0 Å². The lowest BCUT2D eigenvalue weighted by molar-refractivity contribution is 0.188. The van der Waals surface area contributed by atoms with Crippen molar-refractivity contribution in [3.8, 4) is 0 Å². The van der Waals surface area contributed by atoms with E-state index in [0.717, 1.165) is 6.04 Å². The van der Waals surface area contributed by atoms with Crippen LogP contribution in [0.2, 0.25) is 0 Å². The van der Waals surface area contributed by atoms with Crippen LogP contribution >= 0.6 is 0 Å². The van der Waals surface area contributed by atoms with E-state index in [1.165, 1.54) is 50.0 Å². The Kier molecular flexibility index (Phi) is 3.06. The SMILES string of the molecule is Cc1ccccc1NC1CCN2CCCC2C1. The van der Waals surface area contributed by atoms with E-state index in [0.29, 0.717) is 6.04 Å². The van der Waals surface area contributed by atoms with Crippen molar-refractivity contribution in [1.29, 1.82) is 0 Å². The topological polar surface area (TPSA) is 15.3 Å². The summed E-state index contributed by atoms with van der Waals surface area (Å²) < 4.78 is 0. The van der Waals surface area contributed by atoms with Crippen molar-refractivity contribution in [1.82, 2.24) is 4.90 Å². The Balaban J connectivity index is 1.64. The Morgan fingerprint density at radius 3 is 2.94 bits per heavy atom. The number of para-hydroxylation sites is 1.